The quantitative estimate of drug-likeness (QED) is 0.347. The van der Waals surface area contributed by atoms with E-state index in [9.17, 15) is 5.48 Å². The van der Waals surface area contributed by atoms with Crippen LogP contribution in [0.3, 0.4) is 0 Å². The molecule has 126 valence electrons. The minimum absolute atomic E-state index is 0.00669. The number of rotatable bonds is 2. The van der Waals surface area contributed by atoms with Crippen molar-refractivity contribution in [2.24, 2.45) is 0 Å². The first-order chi connectivity index (χ1) is 20.1. The van der Waals surface area contributed by atoms with E-state index in [0.717, 1.165) is 0 Å². The van der Waals surface area contributed by atoms with Crippen LogP contribution in [0.1, 0.15) is 41.4 Å². The summed E-state index contributed by atoms with van der Waals surface area (Å²) in [6.07, 6.45) is -6.07. The van der Waals surface area contributed by atoms with Crippen molar-refractivity contribution in [1.82, 2.24) is 0 Å². The van der Waals surface area contributed by atoms with Crippen LogP contribution in [-0.2, 0) is 12.2 Å². The van der Waals surface area contributed by atoms with E-state index in [1.165, 1.54) is 6.92 Å². The summed E-state index contributed by atoms with van der Waals surface area (Å²) in [5, 5.41) is -1.28. The fourth-order valence-electron chi connectivity index (χ4n) is 2.78. The largest absolute Gasteiger partial charge is 0.0656 e. The van der Waals surface area contributed by atoms with Crippen LogP contribution in [0.4, 0.5) is 0 Å². The van der Waals surface area contributed by atoms with Gasteiger partial charge in [0.15, 0.2) is 0 Å². The molecule has 0 saturated carbocycles. The SMILES string of the molecule is [2H]c1c([2H])c([2H])c(-c2c([2H])c([2H])c([2H])c([2H])c2P2C([2H])([2H])c3c([2H])c([2H])c([2H])c4c(C)c([2H])c([2H])c(c34)C2([2H])[2H])c([2H])c1[2H]. The molecule has 4 aromatic carbocycles. The highest BCUT2D eigenvalue weighted by Gasteiger charge is 2.23. The minimum Gasteiger partial charge on any atom is -0.0656 e. The number of hydrogen-bond acceptors (Lipinski definition) is 0. The van der Waals surface area contributed by atoms with E-state index in [-0.39, 0.29) is 16.3 Å². The summed E-state index contributed by atoms with van der Waals surface area (Å²) in [5.74, 6) is 0. The van der Waals surface area contributed by atoms with Gasteiger partial charge in [0.2, 0.25) is 0 Å². The molecule has 4 aromatic rings. The van der Waals surface area contributed by atoms with E-state index >= 15 is 0 Å². The lowest BCUT2D eigenvalue weighted by Gasteiger charge is -2.28. The van der Waals surface area contributed by atoms with Crippen molar-refractivity contribution in [3.05, 3.63) is 101 Å². The van der Waals surface area contributed by atoms with E-state index in [0.29, 0.717) is 0 Å². The number of aryl methyl sites for hydroxylation is 1. The Labute approximate surface area is 181 Å². The molecule has 26 heavy (non-hydrogen) atoms. The third-order valence-electron chi connectivity index (χ3n) is 3.96. The van der Waals surface area contributed by atoms with Crippen molar-refractivity contribution in [2.45, 2.75) is 19.2 Å². The van der Waals surface area contributed by atoms with Gasteiger partial charge in [-0.2, -0.15) is 0 Å². The summed E-state index contributed by atoms with van der Waals surface area (Å²) in [6, 6.07) is -11.3. The van der Waals surface area contributed by atoms with Gasteiger partial charge < -0.3 is 0 Å². The maximum atomic E-state index is 9.30. The molecule has 0 saturated heterocycles. The molecule has 1 heteroatoms. The van der Waals surface area contributed by atoms with E-state index < -0.39 is 132 Å². The summed E-state index contributed by atoms with van der Waals surface area (Å²) in [6.45, 7) is 1.36. The zero-order chi connectivity index (χ0) is 33.3. The van der Waals surface area contributed by atoms with Crippen molar-refractivity contribution in [2.75, 3.05) is 0 Å². The predicted octanol–water partition coefficient (Wildman–Crippen LogP) is 6.64. The maximum Gasteiger partial charge on any atom is 0.0630 e. The van der Waals surface area contributed by atoms with E-state index in [1.807, 2.05) is 0 Å². The highest BCUT2D eigenvalue weighted by Crippen LogP contribution is 2.51. The van der Waals surface area contributed by atoms with Gasteiger partial charge in [0.05, 0.1) is 19.2 Å². The smallest absolute Gasteiger partial charge is 0.0630 e. The van der Waals surface area contributed by atoms with Gasteiger partial charge in [-0.1, -0.05) is 92.5 Å². The standard InChI is InChI=1S/C25H21P/c1-18-14-15-21-17-26(16-20-10-7-12-22(18)25(20)21)24-13-6-5-11-23(24)19-8-3-2-4-9-19/h2-15H,16-17H2,1H3/i2D,3D,4D,5D,6D,7D,8D,9D,10D,11D,12D,13D,14D,15D,16D2,17D2. The van der Waals surface area contributed by atoms with Gasteiger partial charge in [-0.25, -0.2) is 0 Å². The van der Waals surface area contributed by atoms with Crippen LogP contribution >= 0.6 is 7.92 Å². The van der Waals surface area contributed by atoms with E-state index in [4.69, 9.17) is 19.2 Å². The topological polar surface area (TPSA) is 0 Å². The molecule has 1 heterocycles. The van der Waals surface area contributed by atoms with Crippen molar-refractivity contribution in [1.29, 1.82) is 0 Å². The van der Waals surface area contributed by atoms with Crippen LogP contribution < -0.4 is 5.30 Å². The molecule has 0 radical (unpaired) electrons. The van der Waals surface area contributed by atoms with Gasteiger partial charge in [0.1, 0.15) is 0 Å². The maximum absolute atomic E-state index is 9.30. The summed E-state index contributed by atoms with van der Waals surface area (Å²) < 4.78 is 156. The lowest BCUT2D eigenvalue weighted by atomic mass is 9.97. The van der Waals surface area contributed by atoms with Gasteiger partial charge in [0.25, 0.3) is 0 Å². The molecular weight excluding hydrogens is 331 g/mol. The summed E-state index contributed by atoms with van der Waals surface area (Å²) in [7, 11) is -3.35. The van der Waals surface area contributed by atoms with Crippen LogP contribution in [0, 0.1) is 6.92 Å². The van der Waals surface area contributed by atoms with Crippen LogP contribution in [0.5, 0.6) is 0 Å². The molecule has 0 nitrogen and oxygen atoms in total. The fourth-order valence-corrected chi connectivity index (χ4v) is 4.40. The Balaban J connectivity index is 2.09. The molecule has 1 aliphatic rings. The van der Waals surface area contributed by atoms with Gasteiger partial charge in [-0.3, -0.25) is 0 Å². The first-order valence-electron chi connectivity index (χ1n) is 16.7. The molecule has 1 aliphatic heterocycles. The Morgan fingerprint density at radius 3 is 2.35 bits per heavy atom. The van der Waals surface area contributed by atoms with Crippen LogP contribution in [0.15, 0.2) is 84.6 Å². The third-order valence-corrected chi connectivity index (χ3v) is 5.64. The van der Waals surface area contributed by atoms with Gasteiger partial charge in [-0.05, 0) is 63.0 Å². The van der Waals surface area contributed by atoms with Gasteiger partial charge in [-0.15, -0.1) is 0 Å². The van der Waals surface area contributed by atoms with Crippen molar-refractivity contribution in [3.8, 4) is 11.1 Å². The van der Waals surface area contributed by atoms with E-state index in [2.05, 4.69) is 0 Å². The molecule has 0 aromatic heterocycles. The lowest BCUT2D eigenvalue weighted by Crippen LogP contribution is -2.12. The fraction of sp³-hybridized carbons (Fsp3) is 0.120. The van der Waals surface area contributed by atoms with E-state index in [1.54, 1.807) is 0 Å². The van der Waals surface area contributed by atoms with Crippen LogP contribution in [0.2, 0.25) is 0 Å². The van der Waals surface area contributed by atoms with Crippen LogP contribution in [0.25, 0.3) is 21.9 Å². The third kappa shape index (κ3) is 2.57. The lowest BCUT2D eigenvalue weighted by molar-refractivity contribution is 1.30. The second-order valence-electron chi connectivity index (χ2n) is 5.53. The zero-order valence-corrected chi connectivity index (χ0v) is 14.3. The Kier molecular flexibility index (Phi) is 1.42. The normalized spacial score (nSPS) is 29.7. The molecule has 0 amide bonds. The van der Waals surface area contributed by atoms with Gasteiger partial charge in [0, 0.05) is 5.48 Å². The second-order valence-corrected chi connectivity index (χ2v) is 7.10. The molecule has 1 atom stereocenters. The molecule has 1 unspecified atom stereocenters. The molecule has 5 rings (SSSR count). The highest BCUT2D eigenvalue weighted by atomic mass is 31.1. The van der Waals surface area contributed by atoms with Crippen molar-refractivity contribution >= 4 is 24.0 Å². The zero-order valence-electron chi connectivity index (χ0n) is 31.4. The first-order valence-corrected chi connectivity index (χ1v) is 9.01. The summed E-state index contributed by atoms with van der Waals surface area (Å²) >= 11 is 0. The number of benzene rings is 4. The van der Waals surface area contributed by atoms with Gasteiger partial charge >= 0.3 is 0 Å². The molecule has 0 fully saturated rings. The Hall–Kier alpha value is -2.43. The van der Waals surface area contributed by atoms with Crippen molar-refractivity contribution in [3.63, 3.8) is 0 Å². The summed E-state index contributed by atoms with van der Waals surface area (Å²) in [5.41, 5.74) is -2.65. The average molecular weight is 371 g/mol. The molecule has 0 bridgehead atoms. The molecule has 0 aliphatic carbocycles. The average Bonchev–Trinajstić information content (AvgIpc) is 2.94. The second kappa shape index (κ2) is 6.38. The minimum atomic E-state index is -3.35. The highest BCUT2D eigenvalue weighted by molar-refractivity contribution is 7.64. The molecular formula is C25H21P. The predicted molar refractivity (Wildman–Crippen MR) is 115 cm³/mol. The Morgan fingerprint density at radius 1 is 0.769 bits per heavy atom. The number of hydrogen-bond donors (Lipinski definition) is 0. The Bertz CT molecular complexity index is 1880. The van der Waals surface area contributed by atoms with Crippen LogP contribution in [-0.4, -0.2) is 0 Å². The molecule has 0 spiro atoms. The first kappa shape index (κ1) is 5.78. The Morgan fingerprint density at radius 2 is 1.50 bits per heavy atom. The molecule has 0 N–H and O–H groups in total. The summed E-state index contributed by atoms with van der Waals surface area (Å²) in [4.78, 5) is 0. The van der Waals surface area contributed by atoms with Crippen molar-refractivity contribution < 1.29 is 24.7 Å². The monoisotopic (exact) mass is 370 g/mol.